The van der Waals surface area contributed by atoms with Crippen molar-refractivity contribution >= 4 is 11.4 Å². The summed E-state index contributed by atoms with van der Waals surface area (Å²) in [6, 6.07) is 9.12. The van der Waals surface area contributed by atoms with Crippen molar-refractivity contribution in [1.82, 2.24) is 0 Å². The average Bonchev–Trinajstić information content (AvgIpc) is 2.85. The molecule has 1 heterocycles. The van der Waals surface area contributed by atoms with Gasteiger partial charge in [-0.3, -0.25) is 9.80 Å². The van der Waals surface area contributed by atoms with E-state index in [0.29, 0.717) is 0 Å². The fourth-order valence-electron chi connectivity index (χ4n) is 4.10. The molecule has 1 unspecified atom stereocenters. The molecule has 0 bridgehead atoms. The number of benzene rings is 2. The first-order valence-electron chi connectivity index (χ1n) is 8.33. The lowest BCUT2D eigenvalue weighted by Crippen LogP contribution is -3.02. The van der Waals surface area contributed by atoms with Crippen molar-refractivity contribution in [3.63, 3.8) is 0 Å². The topological polar surface area (TPSA) is 39.2 Å². The van der Waals surface area contributed by atoms with E-state index in [4.69, 9.17) is 0 Å². The fourth-order valence-corrected chi connectivity index (χ4v) is 4.10. The lowest BCUT2D eigenvalue weighted by atomic mass is 10.0. The van der Waals surface area contributed by atoms with Crippen molar-refractivity contribution in [2.45, 2.75) is 41.5 Å². The third kappa shape index (κ3) is 4.06. The number of nitrogens with zero attached hydrogens (tertiary/aromatic N) is 1. The van der Waals surface area contributed by atoms with Gasteiger partial charge in [0.05, 0.1) is 11.9 Å². The average molecular weight is 361 g/mol. The quantitative estimate of drug-likeness (QED) is 0.815. The van der Waals surface area contributed by atoms with E-state index in [1.807, 2.05) is 0 Å². The highest BCUT2D eigenvalue weighted by Gasteiger charge is 2.25. The van der Waals surface area contributed by atoms with E-state index < -0.39 is 0 Å². The monoisotopic (exact) mass is 360 g/mol. The van der Waals surface area contributed by atoms with Crippen LogP contribution in [0.15, 0.2) is 36.7 Å². The Balaban J connectivity index is 0.00000156. The van der Waals surface area contributed by atoms with Gasteiger partial charge in [-0.15, -0.1) is 0 Å². The number of hydrogen-bond acceptors (Lipinski definition) is 1. The molecule has 1 aliphatic heterocycles. The van der Waals surface area contributed by atoms with E-state index in [1.165, 1.54) is 49.7 Å². The van der Waals surface area contributed by atoms with E-state index in [-0.39, 0.29) is 17.9 Å². The predicted octanol–water partition coefficient (Wildman–Crippen LogP) is 0.182. The summed E-state index contributed by atoms with van der Waals surface area (Å²) in [5.74, 6) is 0. The van der Waals surface area contributed by atoms with Gasteiger partial charge in [0.1, 0.15) is 11.9 Å². The molecule has 1 aliphatic rings. The van der Waals surface area contributed by atoms with Gasteiger partial charge < -0.3 is 17.9 Å². The highest BCUT2D eigenvalue weighted by atomic mass is 35.5. The number of halogens is 1. The van der Waals surface area contributed by atoms with E-state index in [2.05, 4.69) is 83.1 Å². The largest absolute Gasteiger partial charge is 1.00 e. The summed E-state index contributed by atoms with van der Waals surface area (Å²) in [6.07, 6.45) is 4.52. The van der Waals surface area contributed by atoms with Crippen LogP contribution < -0.4 is 22.2 Å². The second-order valence-electron chi connectivity index (χ2n) is 6.99. The first-order valence-corrected chi connectivity index (χ1v) is 8.33. The van der Waals surface area contributed by atoms with Gasteiger partial charge in [-0.2, -0.15) is 0 Å². The summed E-state index contributed by atoms with van der Waals surface area (Å²) in [6.45, 7) is 14.2. The number of anilines is 1. The van der Waals surface area contributed by atoms with E-state index in [9.17, 15) is 0 Å². The molecule has 0 aliphatic carbocycles. The van der Waals surface area contributed by atoms with E-state index >= 15 is 0 Å². The second kappa shape index (κ2) is 8.05. The predicted molar refractivity (Wildman–Crippen MR) is 102 cm³/mol. The minimum absolute atomic E-state index is 0. The molecule has 0 radical (unpaired) electrons. The Labute approximate surface area is 157 Å². The molecule has 1 atom stereocenters. The van der Waals surface area contributed by atoms with Crippen LogP contribution in [0.2, 0.25) is 0 Å². The second-order valence-corrected chi connectivity index (χ2v) is 6.99. The van der Waals surface area contributed by atoms with Crippen molar-refractivity contribution in [3.8, 4) is 0 Å². The Morgan fingerprint density at radius 1 is 0.760 bits per heavy atom. The standard InChI is InChI=1S/C21H26N2.ClH.H2O/c1-14-9-16(3)20(17(4)10-14)22-7-8-23(13-22)21-18(5)11-15(2)12-19(21)6;;/h7-12H,13H2,1-6H3;1H;1H2. The zero-order chi connectivity index (χ0) is 16.7. The molecule has 136 valence electrons. The van der Waals surface area contributed by atoms with Gasteiger partial charge in [-0.1, -0.05) is 35.4 Å². The number of rotatable bonds is 2. The van der Waals surface area contributed by atoms with Crippen molar-refractivity contribution in [1.29, 1.82) is 0 Å². The Morgan fingerprint density at radius 2 is 1.20 bits per heavy atom. The lowest BCUT2D eigenvalue weighted by Gasteiger charge is -2.23. The van der Waals surface area contributed by atoms with Crippen LogP contribution in [0.3, 0.4) is 0 Å². The number of quaternary nitrogens is 1. The maximum absolute atomic E-state index is 2.39. The minimum Gasteiger partial charge on any atom is -1.00 e. The maximum atomic E-state index is 2.39. The number of aryl methyl sites for hydroxylation is 6. The van der Waals surface area contributed by atoms with Crippen LogP contribution in [-0.2, 0) is 0 Å². The van der Waals surface area contributed by atoms with E-state index in [1.54, 1.807) is 0 Å². The third-order valence-corrected chi connectivity index (χ3v) is 4.72. The van der Waals surface area contributed by atoms with Crippen LogP contribution in [-0.4, -0.2) is 12.1 Å². The van der Waals surface area contributed by atoms with Gasteiger partial charge in [-0.25, -0.2) is 0 Å². The maximum Gasteiger partial charge on any atom is 0.166 e. The van der Waals surface area contributed by atoms with Crippen LogP contribution in [0.25, 0.3) is 0 Å². The Bertz CT molecular complexity index is 687. The fraction of sp³-hybridized carbons (Fsp3) is 0.333. The molecular weight excluding hydrogens is 332 g/mol. The normalized spacial score (nSPS) is 15.8. The van der Waals surface area contributed by atoms with Gasteiger partial charge in [0.25, 0.3) is 0 Å². The zero-order valence-electron chi connectivity index (χ0n) is 16.0. The highest BCUT2D eigenvalue weighted by Crippen LogP contribution is 2.27. The van der Waals surface area contributed by atoms with Gasteiger partial charge >= 0.3 is 0 Å². The van der Waals surface area contributed by atoms with E-state index in [0.717, 1.165) is 6.67 Å². The molecule has 0 aromatic heterocycles. The van der Waals surface area contributed by atoms with Crippen molar-refractivity contribution < 1.29 is 22.8 Å². The molecular formula is C21H29ClN2O. The van der Waals surface area contributed by atoms with Gasteiger partial charge in [0, 0.05) is 11.1 Å². The zero-order valence-corrected chi connectivity index (χ0v) is 16.8. The van der Waals surface area contributed by atoms with Gasteiger partial charge in [0.2, 0.25) is 0 Å². The summed E-state index contributed by atoms with van der Waals surface area (Å²) in [5.41, 5.74) is 10.9. The lowest BCUT2D eigenvalue weighted by molar-refractivity contribution is -0.768. The SMILES string of the molecule is Cc1cc(C)c(N2C=C[NH+](c3c(C)cc(C)cc3C)C2)c(C)c1.O.[Cl-]. The minimum atomic E-state index is 0. The molecule has 0 spiro atoms. The molecule has 0 saturated carbocycles. The van der Waals surface area contributed by atoms with Gasteiger partial charge in [-0.05, 0) is 52.7 Å². The molecule has 0 saturated heterocycles. The molecule has 25 heavy (non-hydrogen) atoms. The smallest absolute Gasteiger partial charge is 0.166 e. The molecule has 3 nitrogen and oxygen atoms in total. The molecule has 2 aromatic rings. The Hall–Kier alpha value is -1.81. The van der Waals surface area contributed by atoms with Crippen LogP contribution in [0.5, 0.6) is 0 Å². The van der Waals surface area contributed by atoms with Gasteiger partial charge in [0.15, 0.2) is 6.67 Å². The Morgan fingerprint density at radius 3 is 1.68 bits per heavy atom. The molecule has 3 rings (SSSR count). The van der Waals surface area contributed by atoms with Crippen LogP contribution in [0.1, 0.15) is 33.4 Å². The summed E-state index contributed by atoms with van der Waals surface area (Å²) in [4.78, 5) is 3.80. The van der Waals surface area contributed by atoms with Crippen LogP contribution in [0, 0.1) is 41.5 Å². The third-order valence-electron chi connectivity index (χ3n) is 4.72. The highest BCUT2D eigenvalue weighted by molar-refractivity contribution is 5.62. The number of hydrogen-bond donors (Lipinski definition) is 1. The van der Waals surface area contributed by atoms with Crippen molar-refractivity contribution in [3.05, 3.63) is 70.0 Å². The molecule has 3 N–H and O–H groups in total. The summed E-state index contributed by atoms with van der Waals surface area (Å²) in [7, 11) is 0. The summed E-state index contributed by atoms with van der Waals surface area (Å²) in [5, 5.41) is 0. The van der Waals surface area contributed by atoms with Crippen molar-refractivity contribution in [2.24, 2.45) is 0 Å². The summed E-state index contributed by atoms with van der Waals surface area (Å²) >= 11 is 0. The molecule has 2 aromatic carbocycles. The van der Waals surface area contributed by atoms with Crippen LogP contribution >= 0.6 is 0 Å². The first kappa shape index (κ1) is 21.2. The molecule has 0 fully saturated rings. The first-order chi connectivity index (χ1) is 10.9. The summed E-state index contributed by atoms with van der Waals surface area (Å²) < 4.78 is 0. The van der Waals surface area contributed by atoms with Crippen LogP contribution in [0.4, 0.5) is 11.4 Å². The Kier molecular flexibility index (Phi) is 6.83. The molecule has 4 heteroatoms. The molecule has 0 amide bonds. The van der Waals surface area contributed by atoms with Crippen molar-refractivity contribution in [2.75, 3.05) is 11.6 Å². The number of nitrogens with one attached hydrogen (secondary N) is 1.